The summed E-state index contributed by atoms with van der Waals surface area (Å²) >= 11 is 12.5. The summed E-state index contributed by atoms with van der Waals surface area (Å²) in [7, 11) is 1.89. The summed E-state index contributed by atoms with van der Waals surface area (Å²) in [5.74, 6) is 0.00984. The maximum atomic E-state index is 13.9. The molecule has 0 radical (unpaired) electrons. The van der Waals surface area contributed by atoms with Gasteiger partial charge >= 0.3 is 0 Å². The summed E-state index contributed by atoms with van der Waals surface area (Å²) in [6.07, 6.45) is 6.27. The van der Waals surface area contributed by atoms with Gasteiger partial charge < -0.3 is 10.3 Å². The van der Waals surface area contributed by atoms with Gasteiger partial charge in [0.05, 0.1) is 12.2 Å². The number of carbonyl (C=O) groups excluding carboxylic acids is 1. The van der Waals surface area contributed by atoms with E-state index < -0.39 is 6.04 Å². The number of aromatic nitrogens is 3. The number of aryl methyl sites for hydroxylation is 1. The van der Waals surface area contributed by atoms with E-state index in [-0.39, 0.29) is 11.8 Å². The van der Waals surface area contributed by atoms with Crippen LogP contribution in [-0.4, -0.2) is 26.6 Å². The van der Waals surface area contributed by atoms with Gasteiger partial charge in [0.1, 0.15) is 0 Å². The number of nitrogens with zero attached hydrogens (tertiary/aromatic N) is 2. The number of halogens is 2. The van der Waals surface area contributed by atoms with Crippen molar-refractivity contribution in [2.45, 2.75) is 25.4 Å². The first-order valence-corrected chi connectivity index (χ1v) is 12.5. The average Bonchev–Trinajstić information content (AvgIpc) is 3.50. The molecule has 5 aromatic rings. The lowest BCUT2D eigenvalue weighted by atomic mass is 9.95. The molecule has 5 rings (SSSR count). The highest BCUT2D eigenvalue weighted by Crippen LogP contribution is 2.29. The smallest absolute Gasteiger partial charge is 0.186 e. The molecule has 7 heteroatoms. The van der Waals surface area contributed by atoms with Crippen LogP contribution in [0, 0.1) is 0 Å². The summed E-state index contributed by atoms with van der Waals surface area (Å²) in [5.41, 5.74) is 5.53. The molecule has 36 heavy (non-hydrogen) atoms. The van der Waals surface area contributed by atoms with Crippen molar-refractivity contribution in [1.82, 2.24) is 20.1 Å². The van der Waals surface area contributed by atoms with Crippen molar-refractivity contribution in [3.8, 4) is 11.1 Å². The average molecular weight is 517 g/mol. The summed E-state index contributed by atoms with van der Waals surface area (Å²) in [4.78, 5) is 17.2. The molecule has 3 aromatic carbocycles. The Morgan fingerprint density at radius 3 is 2.58 bits per heavy atom. The van der Waals surface area contributed by atoms with Gasteiger partial charge in [0.2, 0.25) is 0 Å². The van der Waals surface area contributed by atoms with Crippen LogP contribution < -0.4 is 5.32 Å². The van der Waals surface area contributed by atoms with Gasteiger partial charge in [-0.15, -0.1) is 0 Å². The molecule has 2 heterocycles. The Morgan fingerprint density at radius 1 is 1.06 bits per heavy atom. The largest absolute Gasteiger partial charge is 0.360 e. The maximum absolute atomic E-state index is 13.9. The van der Waals surface area contributed by atoms with Crippen molar-refractivity contribution in [2.75, 3.05) is 0 Å². The summed E-state index contributed by atoms with van der Waals surface area (Å²) < 4.78 is 1.78. The molecule has 0 saturated carbocycles. The van der Waals surface area contributed by atoms with Crippen LogP contribution in [0.2, 0.25) is 10.0 Å². The Bertz CT molecular complexity index is 1520. The van der Waals surface area contributed by atoms with Crippen LogP contribution >= 0.6 is 23.2 Å². The zero-order chi connectivity index (χ0) is 25.2. The second-order valence-electron chi connectivity index (χ2n) is 9.08. The van der Waals surface area contributed by atoms with Crippen LogP contribution in [0.3, 0.4) is 0 Å². The number of H-pyrrole nitrogens is 1. The topological polar surface area (TPSA) is 62.7 Å². The van der Waals surface area contributed by atoms with Crippen molar-refractivity contribution in [2.24, 2.45) is 7.05 Å². The number of nitrogens with one attached hydrogen (secondary N) is 2. The molecule has 0 bridgehead atoms. The predicted octanol–water partition coefficient (Wildman–Crippen LogP) is 7.02. The molecule has 2 atom stereocenters. The number of hydrogen-bond donors (Lipinski definition) is 2. The molecule has 0 unspecified atom stereocenters. The number of Topliss-reactive ketones (excluding diaryl/α,β-unsaturated/α-hetero) is 1. The van der Waals surface area contributed by atoms with E-state index in [1.54, 1.807) is 16.9 Å². The summed E-state index contributed by atoms with van der Waals surface area (Å²) in [6.45, 7) is 2.06. The molecule has 0 fully saturated rings. The van der Waals surface area contributed by atoms with E-state index in [2.05, 4.69) is 28.4 Å². The minimum absolute atomic E-state index is 0.00984. The number of hydrogen-bond acceptors (Lipinski definition) is 3. The maximum Gasteiger partial charge on any atom is 0.186 e. The van der Waals surface area contributed by atoms with Crippen molar-refractivity contribution in [3.63, 3.8) is 0 Å². The first kappa shape index (κ1) is 24.3. The van der Waals surface area contributed by atoms with Crippen LogP contribution in [0.1, 0.15) is 34.5 Å². The van der Waals surface area contributed by atoms with E-state index in [1.165, 1.54) is 0 Å². The molecule has 5 nitrogen and oxygen atoms in total. The first-order valence-electron chi connectivity index (χ1n) is 11.8. The third-order valence-corrected chi connectivity index (χ3v) is 6.96. The van der Waals surface area contributed by atoms with Crippen molar-refractivity contribution >= 4 is 39.9 Å². The fourth-order valence-electron chi connectivity index (χ4n) is 4.56. The van der Waals surface area contributed by atoms with E-state index in [1.807, 2.05) is 74.0 Å². The number of rotatable bonds is 8. The van der Waals surface area contributed by atoms with Gasteiger partial charge in [-0.25, -0.2) is 0 Å². The highest BCUT2D eigenvalue weighted by molar-refractivity contribution is 6.35. The van der Waals surface area contributed by atoms with Gasteiger partial charge in [0, 0.05) is 57.6 Å². The molecule has 0 aliphatic carbocycles. The third-order valence-electron chi connectivity index (χ3n) is 6.37. The number of carbonyl (C=O) groups is 1. The molecule has 0 spiro atoms. The van der Waals surface area contributed by atoms with Gasteiger partial charge in [-0.3, -0.25) is 9.48 Å². The molecule has 0 aliphatic rings. The molecule has 0 saturated heterocycles. The normalized spacial score (nSPS) is 13.1. The minimum atomic E-state index is -0.510. The van der Waals surface area contributed by atoms with Gasteiger partial charge in [-0.1, -0.05) is 71.7 Å². The van der Waals surface area contributed by atoms with Crippen molar-refractivity contribution in [3.05, 3.63) is 112 Å². The molecule has 0 amide bonds. The Hall–Kier alpha value is -3.38. The summed E-state index contributed by atoms with van der Waals surface area (Å²) in [5, 5.41) is 9.93. The Balaban J connectivity index is 1.44. The van der Waals surface area contributed by atoms with Gasteiger partial charge in [0.25, 0.3) is 0 Å². The van der Waals surface area contributed by atoms with E-state index >= 15 is 0 Å². The Labute approximate surface area is 220 Å². The molecular weight excluding hydrogens is 491 g/mol. The zero-order valence-corrected chi connectivity index (χ0v) is 21.5. The fourth-order valence-corrected chi connectivity index (χ4v) is 5.05. The second-order valence-corrected chi connectivity index (χ2v) is 9.92. The van der Waals surface area contributed by atoms with E-state index in [9.17, 15) is 4.79 Å². The zero-order valence-electron chi connectivity index (χ0n) is 20.0. The van der Waals surface area contributed by atoms with E-state index in [4.69, 9.17) is 23.2 Å². The molecule has 182 valence electrons. The van der Waals surface area contributed by atoms with Crippen LogP contribution in [0.5, 0.6) is 0 Å². The van der Waals surface area contributed by atoms with Gasteiger partial charge in [-0.05, 0) is 48.2 Å². The van der Waals surface area contributed by atoms with Crippen molar-refractivity contribution < 1.29 is 4.79 Å². The Morgan fingerprint density at radius 2 is 1.86 bits per heavy atom. The highest BCUT2D eigenvalue weighted by atomic mass is 35.5. The number of aromatic amines is 1. The number of ketones is 1. The van der Waals surface area contributed by atoms with Gasteiger partial charge in [-0.2, -0.15) is 5.10 Å². The second kappa shape index (κ2) is 10.3. The number of fused-ring (bicyclic) bond motifs is 1. The van der Waals surface area contributed by atoms with Crippen LogP contribution in [0.25, 0.3) is 22.0 Å². The molecule has 0 aliphatic heterocycles. The first-order chi connectivity index (χ1) is 17.4. The van der Waals surface area contributed by atoms with Gasteiger partial charge in [0.15, 0.2) is 5.78 Å². The SMILES string of the molecule is C[C@H](Cc1ccc(Cl)cc1Cl)N[C@@H](C(=O)c1c[nH]c2cc(-c3cnn(C)c3)ccc12)c1ccccc1. The number of benzene rings is 3. The highest BCUT2D eigenvalue weighted by Gasteiger charge is 2.26. The van der Waals surface area contributed by atoms with Crippen LogP contribution in [0.15, 0.2) is 85.3 Å². The van der Waals surface area contributed by atoms with E-state index in [0.29, 0.717) is 22.0 Å². The lowest BCUT2D eigenvalue weighted by Crippen LogP contribution is -2.36. The standard InChI is InChI=1S/C29H26Cl2N4O/c1-18(12-21-8-10-23(30)14-26(21)31)34-28(19-6-4-3-5-7-19)29(36)25-16-32-27-13-20(9-11-24(25)27)22-15-33-35(2)17-22/h3-11,13-18,28,32,34H,12H2,1-2H3/t18-,28-/m1/s1. The molecule has 2 N–H and O–H groups in total. The molecule has 2 aromatic heterocycles. The Kier molecular flexibility index (Phi) is 6.97. The summed E-state index contributed by atoms with van der Waals surface area (Å²) in [6, 6.07) is 20.9. The third kappa shape index (κ3) is 5.09. The monoisotopic (exact) mass is 516 g/mol. The van der Waals surface area contributed by atoms with Crippen LogP contribution in [0.4, 0.5) is 0 Å². The van der Waals surface area contributed by atoms with Crippen molar-refractivity contribution in [1.29, 1.82) is 0 Å². The lowest BCUT2D eigenvalue weighted by Gasteiger charge is -2.23. The lowest BCUT2D eigenvalue weighted by molar-refractivity contribution is 0.0938. The minimum Gasteiger partial charge on any atom is -0.360 e. The quantitative estimate of drug-likeness (QED) is 0.218. The van der Waals surface area contributed by atoms with Crippen LogP contribution in [-0.2, 0) is 13.5 Å². The predicted molar refractivity (Wildman–Crippen MR) is 147 cm³/mol. The van der Waals surface area contributed by atoms with E-state index in [0.717, 1.165) is 33.2 Å². The molecular formula is C29H26Cl2N4O. The fraction of sp³-hybridized carbons (Fsp3) is 0.172.